The van der Waals surface area contributed by atoms with E-state index in [2.05, 4.69) is 15.5 Å². The number of nitrogens with two attached hydrogens (primary N) is 1. The lowest BCUT2D eigenvalue weighted by Crippen LogP contribution is -2.71. The highest BCUT2D eigenvalue weighted by molar-refractivity contribution is 8.00. The normalized spacial score (nSPS) is 28.3. The first kappa shape index (κ1) is 21.6. The number of carbonyl (C=O) groups is 3. The average molecular weight is 468 g/mol. The van der Waals surface area contributed by atoms with Gasteiger partial charge in [0.2, 0.25) is 0 Å². The van der Waals surface area contributed by atoms with Gasteiger partial charge in [0.05, 0.1) is 12.2 Å². The van der Waals surface area contributed by atoms with E-state index in [-0.39, 0.29) is 34.4 Å². The summed E-state index contributed by atoms with van der Waals surface area (Å²) < 4.78 is 5.84. The molecular formula is C18H21N5O6S2. The fourth-order valence-electron chi connectivity index (χ4n) is 3.85. The van der Waals surface area contributed by atoms with E-state index >= 15 is 0 Å². The molecule has 11 nitrogen and oxygen atoms in total. The lowest BCUT2D eigenvalue weighted by atomic mass is 9.99. The second kappa shape index (κ2) is 8.48. The van der Waals surface area contributed by atoms with Crippen molar-refractivity contribution in [3.63, 3.8) is 0 Å². The summed E-state index contributed by atoms with van der Waals surface area (Å²) in [6.07, 6.45) is 1.29. The molecule has 2 saturated heterocycles. The molecule has 0 spiro atoms. The number of aromatic nitrogens is 1. The van der Waals surface area contributed by atoms with Crippen molar-refractivity contribution in [3.05, 3.63) is 22.3 Å². The summed E-state index contributed by atoms with van der Waals surface area (Å²) in [5.41, 5.74) is 6.29. The summed E-state index contributed by atoms with van der Waals surface area (Å²) in [5.74, 6) is -1.94. The number of carboxylic acids is 1. The van der Waals surface area contributed by atoms with E-state index in [0.717, 1.165) is 17.8 Å². The Hall–Kier alpha value is -2.64. The predicted octanol–water partition coefficient (Wildman–Crippen LogP) is 0.382. The van der Waals surface area contributed by atoms with Gasteiger partial charge in [0, 0.05) is 11.1 Å². The van der Waals surface area contributed by atoms with E-state index in [9.17, 15) is 19.5 Å². The third-order valence-electron chi connectivity index (χ3n) is 5.27. The molecule has 4 N–H and O–H groups in total. The van der Waals surface area contributed by atoms with Gasteiger partial charge >= 0.3 is 5.97 Å². The van der Waals surface area contributed by atoms with Crippen LogP contribution in [0.5, 0.6) is 0 Å². The van der Waals surface area contributed by atoms with Gasteiger partial charge < -0.3 is 25.7 Å². The third kappa shape index (κ3) is 3.88. The molecule has 0 bridgehead atoms. The summed E-state index contributed by atoms with van der Waals surface area (Å²) in [6, 6.07) is -0.894. The van der Waals surface area contributed by atoms with Crippen LogP contribution in [0.2, 0.25) is 0 Å². The molecule has 3 aliphatic rings. The van der Waals surface area contributed by atoms with Crippen LogP contribution < -0.4 is 11.1 Å². The van der Waals surface area contributed by atoms with Gasteiger partial charge in [-0.15, -0.1) is 23.1 Å². The minimum Gasteiger partial charge on any atom is -0.477 e. The first-order chi connectivity index (χ1) is 14.8. The van der Waals surface area contributed by atoms with Crippen molar-refractivity contribution in [2.45, 2.75) is 43.4 Å². The smallest absolute Gasteiger partial charge is 0.352 e. The van der Waals surface area contributed by atoms with Crippen LogP contribution in [0.1, 0.15) is 25.5 Å². The Bertz CT molecular complexity index is 992. The summed E-state index contributed by atoms with van der Waals surface area (Å²) in [6.45, 7) is 1.94. The molecule has 0 saturated carbocycles. The van der Waals surface area contributed by atoms with Crippen LogP contribution in [0.3, 0.4) is 0 Å². The van der Waals surface area contributed by atoms with E-state index in [0.29, 0.717) is 17.7 Å². The Morgan fingerprint density at radius 3 is 2.81 bits per heavy atom. The molecule has 4 heterocycles. The van der Waals surface area contributed by atoms with Crippen LogP contribution in [0.15, 0.2) is 21.8 Å². The second-order valence-electron chi connectivity index (χ2n) is 7.25. The fourth-order valence-corrected chi connectivity index (χ4v) is 5.81. The SMILES string of the molecule is CO/N=C(\C(=O)N[C@@H]1C(=O)N2C(C(=O)O)=C([C@@H]3CC[C@H](C)O3)CS[C@H]12)c1csc(N)n1. The number of rotatable bonds is 6. The molecule has 1 aromatic heterocycles. The predicted molar refractivity (Wildman–Crippen MR) is 113 cm³/mol. The first-order valence-electron chi connectivity index (χ1n) is 9.51. The Kier molecular flexibility index (Phi) is 5.90. The number of amides is 2. The standard InChI is InChI=1S/C18H21N5O6S2/c1-7-3-4-10(29-7)8-5-30-16-12(15(25)23(16)13(8)17(26)27)21-14(24)11(22-28-2)9-6-31-18(19)20-9/h6-7,10,12,16H,3-5H2,1-2H3,(H2,19,20)(H,21,24)(H,26,27)/b22-11-/t7-,10-,12+,16+/m0/s1. The molecule has 166 valence electrons. The quantitative estimate of drug-likeness (QED) is 0.306. The molecule has 4 atom stereocenters. The number of carbonyl (C=O) groups excluding carboxylic acids is 2. The zero-order chi connectivity index (χ0) is 22.3. The highest BCUT2D eigenvalue weighted by atomic mass is 32.2. The van der Waals surface area contributed by atoms with E-state index in [1.807, 2.05) is 6.92 Å². The van der Waals surface area contributed by atoms with Gasteiger partial charge in [-0.3, -0.25) is 14.5 Å². The van der Waals surface area contributed by atoms with Crippen LogP contribution in [0.25, 0.3) is 0 Å². The maximum atomic E-state index is 12.8. The van der Waals surface area contributed by atoms with Gasteiger partial charge in [0.25, 0.3) is 11.8 Å². The number of hydrogen-bond acceptors (Lipinski definition) is 10. The van der Waals surface area contributed by atoms with Gasteiger partial charge in [0.15, 0.2) is 10.8 Å². The molecule has 1 aromatic rings. The van der Waals surface area contributed by atoms with Crippen LogP contribution in [-0.4, -0.2) is 75.0 Å². The first-order valence-corrected chi connectivity index (χ1v) is 11.4. The number of hydrogen-bond donors (Lipinski definition) is 3. The number of nitrogens with zero attached hydrogens (tertiary/aromatic N) is 3. The summed E-state index contributed by atoms with van der Waals surface area (Å²) in [4.78, 5) is 47.6. The number of ether oxygens (including phenoxy) is 1. The molecule has 2 amide bonds. The number of aliphatic carboxylic acids is 1. The molecule has 3 aliphatic heterocycles. The third-order valence-corrected chi connectivity index (χ3v) is 7.25. The number of β-lactam (4-membered cyclic amide) rings is 1. The summed E-state index contributed by atoms with van der Waals surface area (Å²) in [7, 11) is 1.29. The van der Waals surface area contributed by atoms with Gasteiger partial charge in [-0.25, -0.2) is 9.78 Å². The van der Waals surface area contributed by atoms with Crippen molar-refractivity contribution in [2.24, 2.45) is 5.16 Å². The van der Waals surface area contributed by atoms with Crippen molar-refractivity contribution in [1.29, 1.82) is 0 Å². The zero-order valence-electron chi connectivity index (χ0n) is 16.7. The molecule has 0 radical (unpaired) electrons. The Balaban J connectivity index is 1.53. The Morgan fingerprint density at radius 2 is 2.23 bits per heavy atom. The van der Waals surface area contributed by atoms with Gasteiger partial charge in [-0.1, -0.05) is 5.16 Å². The highest BCUT2D eigenvalue weighted by Gasteiger charge is 2.55. The number of thiazole rings is 1. The molecule has 0 aromatic carbocycles. The van der Waals surface area contributed by atoms with Crippen molar-refractivity contribution >= 4 is 51.7 Å². The number of fused-ring (bicyclic) bond motifs is 1. The maximum Gasteiger partial charge on any atom is 0.352 e. The summed E-state index contributed by atoms with van der Waals surface area (Å²) in [5, 5.41) is 17.4. The fraction of sp³-hybridized carbons (Fsp3) is 0.500. The molecule has 31 heavy (non-hydrogen) atoms. The van der Waals surface area contributed by atoms with Gasteiger partial charge in [-0.05, 0) is 25.3 Å². The van der Waals surface area contributed by atoms with Crippen LogP contribution in [0, 0.1) is 0 Å². The van der Waals surface area contributed by atoms with Crippen molar-refractivity contribution in [2.75, 3.05) is 18.6 Å². The van der Waals surface area contributed by atoms with Crippen molar-refractivity contribution < 1.29 is 29.1 Å². The molecule has 13 heteroatoms. The van der Waals surface area contributed by atoms with Crippen molar-refractivity contribution in [1.82, 2.24) is 15.2 Å². The Morgan fingerprint density at radius 1 is 1.45 bits per heavy atom. The highest BCUT2D eigenvalue weighted by Crippen LogP contribution is 2.43. The lowest BCUT2D eigenvalue weighted by molar-refractivity contribution is -0.150. The molecule has 4 rings (SSSR count). The largest absolute Gasteiger partial charge is 0.477 e. The monoisotopic (exact) mass is 467 g/mol. The maximum absolute atomic E-state index is 12.8. The zero-order valence-corrected chi connectivity index (χ0v) is 18.4. The van der Waals surface area contributed by atoms with E-state index in [4.69, 9.17) is 15.3 Å². The molecular weight excluding hydrogens is 446 g/mol. The van der Waals surface area contributed by atoms with Crippen molar-refractivity contribution in [3.8, 4) is 0 Å². The summed E-state index contributed by atoms with van der Waals surface area (Å²) >= 11 is 2.53. The van der Waals surface area contributed by atoms with Gasteiger partial charge in [0.1, 0.15) is 29.9 Å². The van der Waals surface area contributed by atoms with Crippen LogP contribution in [0.4, 0.5) is 5.13 Å². The minimum atomic E-state index is -1.18. The number of carboxylic acid groups (broad SMARTS) is 1. The number of thioether (sulfide) groups is 1. The molecule has 0 unspecified atom stereocenters. The average Bonchev–Trinajstić information content (AvgIpc) is 3.36. The minimum absolute atomic E-state index is 0.0450. The topological polar surface area (TPSA) is 156 Å². The van der Waals surface area contributed by atoms with E-state index in [1.54, 1.807) is 5.38 Å². The number of nitrogen functional groups attached to an aromatic ring is 1. The second-order valence-corrected chi connectivity index (χ2v) is 9.24. The van der Waals surface area contributed by atoms with E-state index < -0.39 is 29.2 Å². The number of oxime groups is 1. The molecule has 0 aliphatic carbocycles. The van der Waals surface area contributed by atoms with Crippen LogP contribution >= 0.6 is 23.1 Å². The number of anilines is 1. The van der Waals surface area contributed by atoms with Gasteiger partial charge in [-0.2, -0.15) is 0 Å². The molecule has 2 fully saturated rings. The van der Waals surface area contributed by atoms with Crippen LogP contribution in [-0.2, 0) is 24.0 Å². The van der Waals surface area contributed by atoms with E-state index in [1.165, 1.54) is 23.8 Å². The Labute approximate surface area is 185 Å². The number of nitrogens with one attached hydrogen (secondary N) is 1. The lowest BCUT2D eigenvalue weighted by Gasteiger charge is -2.49.